The van der Waals surface area contributed by atoms with E-state index < -0.39 is 0 Å². The van der Waals surface area contributed by atoms with Crippen LogP contribution in [-0.4, -0.2) is 15.8 Å². The van der Waals surface area contributed by atoms with Gasteiger partial charge in [-0.15, -0.1) is 0 Å². The van der Waals surface area contributed by atoms with Crippen LogP contribution in [0.5, 0.6) is 0 Å². The van der Waals surface area contributed by atoms with Crippen LogP contribution in [0.1, 0.15) is 11.1 Å². The monoisotopic (exact) mass is 274 g/mol. The quantitative estimate of drug-likeness (QED) is 0.684. The second-order valence-corrected chi connectivity index (χ2v) is 4.78. The number of hydrogen-bond donors (Lipinski definition) is 0. The molecule has 3 nitrogen and oxygen atoms in total. The zero-order valence-electron chi connectivity index (χ0n) is 11.4. The van der Waals surface area contributed by atoms with Crippen molar-refractivity contribution in [2.45, 2.75) is 6.42 Å². The van der Waals surface area contributed by atoms with Crippen LogP contribution in [0.3, 0.4) is 0 Å². The van der Waals surface area contributed by atoms with E-state index >= 15 is 0 Å². The highest BCUT2D eigenvalue weighted by Crippen LogP contribution is 2.18. The van der Waals surface area contributed by atoms with Crippen molar-refractivity contribution in [3.63, 3.8) is 0 Å². The van der Waals surface area contributed by atoms with Crippen LogP contribution in [-0.2, 0) is 11.2 Å². The van der Waals surface area contributed by atoms with E-state index in [1.807, 2.05) is 48.7 Å². The van der Waals surface area contributed by atoms with E-state index in [0.717, 1.165) is 21.9 Å². The third-order valence-electron chi connectivity index (χ3n) is 3.26. The van der Waals surface area contributed by atoms with Crippen LogP contribution in [0.2, 0.25) is 0 Å². The number of allylic oxidation sites excluding steroid dienone is 1. The smallest absolute Gasteiger partial charge is 0.160 e. The lowest BCUT2D eigenvalue weighted by molar-refractivity contribution is -0.113. The molecule has 0 bridgehead atoms. The van der Waals surface area contributed by atoms with Crippen LogP contribution in [0, 0.1) is 0 Å². The molecule has 0 unspecified atom stereocenters. The van der Waals surface area contributed by atoms with E-state index in [9.17, 15) is 4.79 Å². The average Bonchev–Trinajstić information content (AvgIpc) is 2.54. The summed E-state index contributed by atoms with van der Waals surface area (Å²) in [6.07, 6.45) is 10.9. The molecular weight excluding hydrogens is 260 g/mol. The Morgan fingerprint density at radius 2 is 1.90 bits per heavy atom. The Kier molecular flexibility index (Phi) is 3.83. The number of fused-ring (bicyclic) bond motifs is 1. The summed E-state index contributed by atoms with van der Waals surface area (Å²) in [6, 6.07) is 11.7. The lowest BCUT2D eigenvalue weighted by Crippen LogP contribution is -1.98. The number of carbonyl (C=O) groups excluding carboxylic acids is 1. The molecule has 0 spiro atoms. The number of hydrogen-bond acceptors (Lipinski definition) is 3. The first-order valence-corrected chi connectivity index (χ1v) is 6.75. The molecule has 0 saturated heterocycles. The van der Waals surface area contributed by atoms with Crippen molar-refractivity contribution in [1.82, 2.24) is 9.97 Å². The summed E-state index contributed by atoms with van der Waals surface area (Å²) in [6.45, 7) is 0. The van der Waals surface area contributed by atoms with Gasteiger partial charge in [0, 0.05) is 36.6 Å². The van der Waals surface area contributed by atoms with Crippen molar-refractivity contribution >= 4 is 22.6 Å². The van der Waals surface area contributed by atoms with Crippen LogP contribution in [0.15, 0.2) is 67.3 Å². The van der Waals surface area contributed by atoms with Gasteiger partial charge in [0.05, 0.1) is 0 Å². The summed E-state index contributed by atoms with van der Waals surface area (Å²) in [4.78, 5) is 20.1. The van der Waals surface area contributed by atoms with Gasteiger partial charge in [-0.2, -0.15) is 0 Å². The molecule has 0 aliphatic rings. The molecule has 0 N–H and O–H groups in total. The summed E-state index contributed by atoms with van der Waals surface area (Å²) >= 11 is 0. The lowest BCUT2D eigenvalue weighted by Gasteiger charge is -2.01. The molecule has 102 valence electrons. The minimum atomic E-state index is 0.0639. The van der Waals surface area contributed by atoms with Gasteiger partial charge >= 0.3 is 0 Å². The molecule has 0 fully saturated rings. The molecule has 3 heteroatoms. The molecule has 3 rings (SSSR count). The standard InChI is InChI=1S/C18H14N2O/c21-17(11-14-3-2-9-19-12-14)7-6-15-4-1-5-16-13-20-10-8-18(15)16/h1-10,12-13H,11H2. The van der Waals surface area contributed by atoms with Gasteiger partial charge in [0.15, 0.2) is 5.78 Å². The molecule has 3 aromatic rings. The van der Waals surface area contributed by atoms with Crippen LogP contribution in [0.4, 0.5) is 0 Å². The second kappa shape index (κ2) is 6.09. The van der Waals surface area contributed by atoms with Crippen molar-refractivity contribution in [2.24, 2.45) is 0 Å². The highest BCUT2D eigenvalue weighted by atomic mass is 16.1. The SMILES string of the molecule is O=C(C=Cc1cccc2cnccc12)Cc1cccnc1. The fraction of sp³-hybridized carbons (Fsp3) is 0.0556. The van der Waals surface area contributed by atoms with E-state index in [4.69, 9.17) is 0 Å². The van der Waals surface area contributed by atoms with Gasteiger partial charge < -0.3 is 0 Å². The summed E-state index contributed by atoms with van der Waals surface area (Å²) in [5.41, 5.74) is 1.95. The maximum atomic E-state index is 12.0. The van der Waals surface area contributed by atoms with Crippen LogP contribution >= 0.6 is 0 Å². The summed E-state index contributed by atoms with van der Waals surface area (Å²) in [5.74, 6) is 0.0639. The fourth-order valence-corrected chi connectivity index (χ4v) is 2.24. The minimum absolute atomic E-state index is 0.0639. The molecule has 0 saturated carbocycles. The first kappa shape index (κ1) is 13.2. The molecule has 0 aliphatic heterocycles. The van der Waals surface area contributed by atoms with Crippen molar-refractivity contribution in [3.05, 3.63) is 78.4 Å². The van der Waals surface area contributed by atoms with Crippen molar-refractivity contribution in [2.75, 3.05) is 0 Å². The summed E-state index contributed by atoms with van der Waals surface area (Å²) in [7, 11) is 0. The van der Waals surface area contributed by atoms with Crippen molar-refractivity contribution in [3.8, 4) is 0 Å². The number of rotatable bonds is 4. The number of ketones is 1. The normalized spacial score (nSPS) is 11.0. The largest absolute Gasteiger partial charge is 0.294 e. The van der Waals surface area contributed by atoms with E-state index in [1.165, 1.54) is 0 Å². The molecule has 0 radical (unpaired) electrons. The lowest BCUT2D eigenvalue weighted by atomic mass is 10.0. The number of carbonyl (C=O) groups is 1. The second-order valence-electron chi connectivity index (χ2n) is 4.78. The van der Waals surface area contributed by atoms with Gasteiger partial charge in [-0.3, -0.25) is 14.8 Å². The van der Waals surface area contributed by atoms with E-state index in [0.29, 0.717) is 6.42 Å². The van der Waals surface area contributed by atoms with Gasteiger partial charge in [-0.1, -0.05) is 30.3 Å². The molecule has 0 amide bonds. The molecule has 0 aliphatic carbocycles. The number of benzene rings is 1. The van der Waals surface area contributed by atoms with Crippen molar-refractivity contribution in [1.29, 1.82) is 0 Å². The predicted octanol–water partition coefficient (Wildman–Crippen LogP) is 3.45. The molecule has 2 aromatic heterocycles. The van der Waals surface area contributed by atoms with Gasteiger partial charge in [0.1, 0.15) is 0 Å². The third kappa shape index (κ3) is 3.20. The predicted molar refractivity (Wildman–Crippen MR) is 83.7 cm³/mol. The minimum Gasteiger partial charge on any atom is -0.294 e. The number of pyridine rings is 2. The fourth-order valence-electron chi connectivity index (χ4n) is 2.24. The number of nitrogens with zero attached hydrogens (tertiary/aromatic N) is 2. The molecular formula is C18H14N2O. The first-order valence-electron chi connectivity index (χ1n) is 6.75. The van der Waals surface area contributed by atoms with E-state index in [1.54, 1.807) is 24.7 Å². The topological polar surface area (TPSA) is 42.9 Å². The first-order chi connectivity index (χ1) is 10.3. The zero-order chi connectivity index (χ0) is 14.5. The Hall–Kier alpha value is -2.81. The molecule has 2 heterocycles. The van der Waals surface area contributed by atoms with Crippen LogP contribution in [0.25, 0.3) is 16.8 Å². The van der Waals surface area contributed by atoms with E-state index in [-0.39, 0.29) is 5.78 Å². The van der Waals surface area contributed by atoms with Gasteiger partial charge in [0.25, 0.3) is 0 Å². The summed E-state index contributed by atoms with van der Waals surface area (Å²) < 4.78 is 0. The highest BCUT2D eigenvalue weighted by Gasteiger charge is 2.01. The Morgan fingerprint density at radius 3 is 2.76 bits per heavy atom. The third-order valence-corrected chi connectivity index (χ3v) is 3.26. The zero-order valence-corrected chi connectivity index (χ0v) is 11.4. The Labute approximate surface area is 123 Å². The van der Waals surface area contributed by atoms with Gasteiger partial charge in [-0.05, 0) is 34.7 Å². The van der Waals surface area contributed by atoms with Gasteiger partial charge in [0.2, 0.25) is 0 Å². The highest BCUT2D eigenvalue weighted by molar-refractivity contribution is 5.98. The summed E-state index contributed by atoms with van der Waals surface area (Å²) in [5, 5.41) is 2.16. The Morgan fingerprint density at radius 1 is 1.00 bits per heavy atom. The molecule has 0 atom stereocenters. The maximum absolute atomic E-state index is 12.0. The molecule has 1 aromatic carbocycles. The number of aromatic nitrogens is 2. The maximum Gasteiger partial charge on any atom is 0.160 e. The van der Waals surface area contributed by atoms with Crippen LogP contribution < -0.4 is 0 Å². The van der Waals surface area contributed by atoms with E-state index in [2.05, 4.69) is 9.97 Å². The Bertz CT molecular complexity index is 789. The van der Waals surface area contributed by atoms with Gasteiger partial charge in [-0.25, -0.2) is 0 Å². The van der Waals surface area contributed by atoms with Crippen molar-refractivity contribution < 1.29 is 4.79 Å². The Balaban J connectivity index is 1.80. The average molecular weight is 274 g/mol. The molecule has 21 heavy (non-hydrogen) atoms.